The first-order valence-electron chi connectivity index (χ1n) is 6.24. The van der Waals surface area contributed by atoms with E-state index >= 15 is 0 Å². The van der Waals surface area contributed by atoms with E-state index < -0.39 is 0 Å². The number of hydrogen-bond acceptors (Lipinski definition) is 1. The second-order valence-electron chi connectivity index (χ2n) is 4.57. The van der Waals surface area contributed by atoms with Gasteiger partial charge in [0.2, 0.25) is 0 Å². The van der Waals surface area contributed by atoms with E-state index in [4.69, 9.17) is 0 Å². The maximum Gasteiger partial charge on any atom is 0.315 e. The fraction of sp³-hybridized carbons (Fsp3) is 0.917. The Morgan fingerprint density at radius 3 is 2.07 bits per heavy atom. The largest absolute Gasteiger partial charge is 0.335 e. The minimum atomic E-state index is -0.00612. The molecule has 0 aliphatic heterocycles. The quantitative estimate of drug-likeness (QED) is 0.723. The lowest BCUT2D eigenvalue weighted by Gasteiger charge is -2.34. The third-order valence-electron chi connectivity index (χ3n) is 3.85. The molecule has 0 saturated heterocycles. The second kappa shape index (κ2) is 5.38. The predicted octanol–water partition coefficient (Wildman–Crippen LogP) is 2.81. The monoisotopic (exact) mass is 212 g/mol. The number of urea groups is 1. The van der Waals surface area contributed by atoms with E-state index in [1.807, 2.05) is 0 Å². The molecule has 0 aromatic carbocycles. The molecule has 0 radical (unpaired) electrons. The lowest BCUT2D eigenvalue weighted by Crippen LogP contribution is -2.54. The van der Waals surface area contributed by atoms with E-state index in [1.165, 1.54) is 6.42 Å². The second-order valence-corrected chi connectivity index (χ2v) is 4.57. The van der Waals surface area contributed by atoms with Gasteiger partial charge in [0.05, 0.1) is 0 Å². The van der Waals surface area contributed by atoms with E-state index in [2.05, 4.69) is 31.4 Å². The molecule has 0 spiro atoms. The zero-order chi connectivity index (χ0) is 11.3. The summed E-state index contributed by atoms with van der Waals surface area (Å²) in [6, 6.07) is 0.443. The van der Waals surface area contributed by atoms with E-state index in [0.29, 0.717) is 6.04 Å². The number of carbonyl (C=O) groups is 1. The molecule has 15 heavy (non-hydrogen) atoms. The van der Waals surface area contributed by atoms with Gasteiger partial charge >= 0.3 is 6.03 Å². The van der Waals surface area contributed by atoms with Crippen LogP contribution in [0, 0.1) is 0 Å². The molecule has 2 amide bonds. The molecule has 0 atom stereocenters. The standard InChI is InChI=1S/C12H24N2O/c1-4-12(5-2,6-3)14-11(15)13-10-8-7-9-10/h10H,4-9H2,1-3H3,(H2,13,14,15). The molecule has 0 unspecified atom stereocenters. The zero-order valence-corrected chi connectivity index (χ0v) is 10.2. The molecule has 0 heterocycles. The van der Waals surface area contributed by atoms with Gasteiger partial charge in [-0.1, -0.05) is 20.8 Å². The highest BCUT2D eigenvalue weighted by atomic mass is 16.2. The number of hydrogen-bond donors (Lipinski definition) is 2. The van der Waals surface area contributed by atoms with Crippen LogP contribution in [0.15, 0.2) is 0 Å². The third-order valence-corrected chi connectivity index (χ3v) is 3.85. The predicted molar refractivity (Wildman–Crippen MR) is 62.9 cm³/mol. The fourth-order valence-corrected chi connectivity index (χ4v) is 2.03. The summed E-state index contributed by atoms with van der Waals surface area (Å²) in [5, 5.41) is 6.15. The molecule has 1 aliphatic carbocycles. The maximum absolute atomic E-state index is 11.7. The van der Waals surface area contributed by atoms with Gasteiger partial charge in [-0.25, -0.2) is 4.79 Å². The molecule has 0 aromatic heterocycles. The molecule has 0 aromatic rings. The van der Waals surface area contributed by atoms with Gasteiger partial charge in [-0.2, -0.15) is 0 Å². The Balaban J connectivity index is 2.38. The van der Waals surface area contributed by atoms with Crippen molar-refractivity contribution in [2.24, 2.45) is 0 Å². The first-order valence-corrected chi connectivity index (χ1v) is 6.24. The number of carbonyl (C=O) groups excluding carboxylic acids is 1. The van der Waals surface area contributed by atoms with E-state index in [-0.39, 0.29) is 11.6 Å². The highest BCUT2D eigenvalue weighted by Crippen LogP contribution is 2.20. The molecule has 1 saturated carbocycles. The van der Waals surface area contributed by atoms with Crippen molar-refractivity contribution in [3.63, 3.8) is 0 Å². The molecule has 3 nitrogen and oxygen atoms in total. The van der Waals surface area contributed by atoms with Crippen LogP contribution in [0.25, 0.3) is 0 Å². The molecule has 88 valence electrons. The number of amides is 2. The number of nitrogens with one attached hydrogen (secondary N) is 2. The van der Waals surface area contributed by atoms with Crippen LogP contribution >= 0.6 is 0 Å². The van der Waals surface area contributed by atoms with Gasteiger partial charge in [0.1, 0.15) is 0 Å². The van der Waals surface area contributed by atoms with E-state index in [9.17, 15) is 4.79 Å². The lowest BCUT2D eigenvalue weighted by molar-refractivity contribution is 0.207. The van der Waals surface area contributed by atoms with Gasteiger partial charge < -0.3 is 10.6 Å². The van der Waals surface area contributed by atoms with Crippen LogP contribution in [0.2, 0.25) is 0 Å². The van der Waals surface area contributed by atoms with Crippen LogP contribution in [-0.4, -0.2) is 17.6 Å². The molecular formula is C12H24N2O. The van der Waals surface area contributed by atoms with E-state index in [0.717, 1.165) is 32.1 Å². The van der Waals surface area contributed by atoms with Crippen molar-refractivity contribution in [1.29, 1.82) is 0 Å². The van der Waals surface area contributed by atoms with Gasteiger partial charge in [-0.05, 0) is 38.5 Å². The van der Waals surface area contributed by atoms with Crippen molar-refractivity contribution in [3.05, 3.63) is 0 Å². The van der Waals surface area contributed by atoms with Crippen LogP contribution in [0.3, 0.4) is 0 Å². The third kappa shape index (κ3) is 3.11. The van der Waals surface area contributed by atoms with Crippen LogP contribution in [0.4, 0.5) is 4.79 Å². The molecule has 1 fully saturated rings. The topological polar surface area (TPSA) is 41.1 Å². The zero-order valence-electron chi connectivity index (χ0n) is 10.2. The summed E-state index contributed by atoms with van der Waals surface area (Å²) in [7, 11) is 0. The van der Waals surface area contributed by atoms with Crippen molar-refractivity contribution in [2.75, 3.05) is 0 Å². The van der Waals surface area contributed by atoms with Crippen molar-refractivity contribution >= 4 is 6.03 Å². The lowest BCUT2D eigenvalue weighted by atomic mass is 9.90. The van der Waals surface area contributed by atoms with Gasteiger partial charge in [-0.15, -0.1) is 0 Å². The smallest absolute Gasteiger partial charge is 0.315 e. The molecular weight excluding hydrogens is 188 g/mol. The Labute approximate surface area is 93.0 Å². The minimum absolute atomic E-state index is 0.00612. The average Bonchev–Trinajstić information content (AvgIpc) is 2.20. The van der Waals surface area contributed by atoms with Gasteiger partial charge in [-0.3, -0.25) is 0 Å². The summed E-state index contributed by atoms with van der Waals surface area (Å²) in [6.07, 6.45) is 6.54. The summed E-state index contributed by atoms with van der Waals surface area (Å²) in [6.45, 7) is 6.41. The Kier molecular flexibility index (Phi) is 4.43. The van der Waals surface area contributed by atoms with Crippen molar-refractivity contribution in [1.82, 2.24) is 10.6 Å². The Morgan fingerprint density at radius 2 is 1.73 bits per heavy atom. The summed E-state index contributed by atoms with van der Waals surface area (Å²) in [5.74, 6) is 0. The molecule has 2 N–H and O–H groups in total. The van der Waals surface area contributed by atoms with Crippen molar-refractivity contribution in [3.8, 4) is 0 Å². The van der Waals surface area contributed by atoms with E-state index in [1.54, 1.807) is 0 Å². The van der Waals surface area contributed by atoms with Crippen LogP contribution in [0.1, 0.15) is 59.3 Å². The Morgan fingerprint density at radius 1 is 1.20 bits per heavy atom. The normalized spacial score (nSPS) is 17.0. The van der Waals surface area contributed by atoms with Gasteiger partial charge in [0.25, 0.3) is 0 Å². The first-order chi connectivity index (χ1) is 7.15. The highest BCUT2D eigenvalue weighted by Gasteiger charge is 2.27. The van der Waals surface area contributed by atoms with Gasteiger partial charge in [0, 0.05) is 11.6 Å². The Hall–Kier alpha value is -0.730. The van der Waals surface area contributed by atoms with Gasteiger partial charge in [0.15, 0.2) is 0 Å². The maximum atomic E-state index is 11.7. The average molecular weight is 212 g/mol. The Bertz CT molecular complexity index is 199. The molecule has 1 rings (SSSR count). The van der Waals surface area contributed by atoms with Crippen LogP contribution < -0.4 is 10.6 Å². The molecule has 3 heteroatoms. The van der Waals surface area contributed by atoms with Crippen LogP contribution in [-0.2, 0) is 0 Å². The van der Waals surface area contributed by atoms with Crippen molar-refractivity contribution in [2.45, 2.75) is 70.9 Å². The summed E-state index contributed by atoms with van der Waals surface area (Å²) in [4.78, 5) is 11.7. The minimum Gasteiger partial charge on any atom is -0.335 e. The van der Waals surface area contributed by atoms with Crippen LogP contribution in [0.5, 0.6) is 0 Å². The summed E-state index contributed by atoms with van der Waals surface area (Å²) >= 11 is 0. The molecule has 0 bridgehead atoms. The number of rotatable bonds is 5. The molecule has 1 aliphatic rings. The summed E-state index contributed by atoms with van der Waals surface area (Å²) < 4.78 is 0. The van der Waals surface area contributed by atoms with Crippen molar-refractivity contribution < 1.29 is 4.79 Å². The first kappa shape index (κ1) is 12.3. The highest BCUT2D eigenvalue weighted by molar-refractivity contribution is 5.75. The fourth-order valence-electron chi connectivity index (χ4n) is 2.03. The SMILES string of the molecule is CCC(CC)(CC)NC(=O)NC1CCC1. The summed E-state index contributed by atoms with van der Waals surface area (Å²) in [5.41, 5.74) is -0.00612.